The number of carbonyl (C=O) groups is 3. The first-order valence-electron chi connectivity index (χ1n) is 15.0. The second-order valence-electron chi connectivity index (χ2n) is 12.4. The highest BCUT2D eigenvalue weighted by atomic mass is 16.6. The number of hydrogen-bond acceptors (Lipinski definition) is 6. The van der Waals surface area contributed by atoms with Gasteiger partial charge in [0.05, 0.1) is 18.4 Å². The van der Waals surface area contributed by atoms with Crippen LogP contribution in [-0.4, -0.2) is 29.8 Å². The van der Waals surface area contributed by atoms with E-state index in [0.717, 1.165) is 38.5 Å². The van der Waals surface area contributed by atoms with Crippen LogP contribution in [0, 0.1) is 23.7 Å². The van der Waals surface area contributed by atoms with Crippen LogP contribution in [0.5, 0.6) is 11.5 Å². The lowest BCUT2D eigenvalue weighted by Crippen LogP contribution is -2.39. The third-order valence-electron chi connectivity index (χ3n) is 7.77. The Labute approximate surface area is 229 Å². The van der Waals surface area contributed by atoms with Crippen molar-refractivity contribution in [2.75, 3.05) is 6.54 Å². The fourth-order valence-electron chi connectivity index (χ4n) is 5.04. The Kier molecular flexibility index (Phi) is 11.4. The van der Waals surface area contributed by atoms with Crippen molar-refractivity contribution in [1.29, 1.82) is 0 Å². The van der Waals surface area contributed by atoms with E-state index in [4.69, 9.17) is 9.47 Å². The Morgan fingerprint density at radius 2 is 1.32 bits per heavy atom. The predicted molar refractivity (Wildman–Crippen MR) is 151 cm³/mol. The molecule has 0 spiro atoms. The number of nitrogens with one attached hydrogen (secondary N) is 1. The van der Waals surface area contributed by atoms with Crippen molar-refractivity contribution in [2.45, 2.75) is 117 Å². The molecular formula is C32H49NO5. The summed E-state index contributed by atoms with van der Waals surface area (Å²) in [6, 6.07) is 4.80. The fraction of sp³-hybridized carbons (Fsp3) is 0.719. The quantitative estimate of drug-likeness (QED) is 0.0992. The SMILES string of the molecule is CCCCCCC1CC1C(=O)Oc1ccc(C(=O)CNC(C)(C)C)cc1OC(=O)C1CC1CCCCCC. The largest absolute Gasteiger partial charge is 0.422 e. The minimum atomic E-state index is -0.291. The van der Waals surface area contributed by atoms with Gasteiger partial charge < -0.3 is 14.8 Å². The first-order valence-corrected chi connectivity index (χ1v) is 15.0. The molecule has 4 atom stereocenters. The molecule has 6 heteroatoms. The molecule has 38 heavy (non-hydrogen) atoms. The van der Waals surface area contributed by atoms with Crippen molar-refractivity contribution in [1.82, 2.24) is 5.32 Å². The topological polar surface area (TPSA) is 81.7 Å². The number of hydrogen-bond donors (Lipinski definition) is 1. The monoisotopic (exact) mass is 527 g/mol. The third kappa shape index (κ3) is 9.83. The summed E-state index contributed by atoms with van der Waals surface area (Å²) in [5.74, 6) is 0.274. The van der Waals surface area contributed by atoms with Crippen molar-refractivity contribution >= 4 is 17.7 Å². The van der Waals surface area contributed by atoms with Crippen molar-refractivity contribution in [2.24, 2.45) is 23.7 Å². The van der Waals surface area contributed by atoms with Gasteiger partial charge in [-0.15, -0.1) is 0 Å². The van der Waals surface area contributed by atoms with E-state index >= 15 is 0 Å². The zero-order chi connectivity index (χ0) is 27.7. The van der Waals surface area contributed by atoms with Crippen LogP contribution in [0.2, 0.25) is 0 Å². The van der Waals surface area contributed by atoms with E-state index in [1.54, 1.807) is 18.2 Å². The molecule has 4 unspecified atom stereocenters. The molecule has 0 aromatic heterocycles. The van der Waals surface area contributed by atoms with Crippen LogP contribution in [0.15, 0.2) is 18.2 Å². The second kappa shape index (κ2) is 14.3. The first kappa shape index (κ1) is 30.3. The first-order chi connectivity index (χ1) is 18.1. The highest BCUT2D eigenvalue weighted by Gasteiger charge is 2.45. The van der Waals surface area contributed by atoms with E-state index in [2.05, 4.69) is 19.2 Å². The number of ether oxygens (including phenoxy) is 2. The number of ketones is 1. The Balaban J connectivity index is 1.63. The molecule has 2 saturated carbocycles. The minimum absolute atomic E-state index is 0.0894. The van der Waals surface area contributed by atoms with E-state index in [0.29, 0.717) is 17.4 Å². The molecule has 2 aliphatic carbocycles. The molecule has 0 bridgehead atoms. The van der Waals surface area contributed by atoms with Gasteiger partial charge in [0.2, 0.25) is 0 Å². The van der Waals surface area contributed by atoms with E-state index in [1.165, 1.54) is 38.5 Å². The zero-order valence-corrected chi connectivity index (χ0v) is 24.3. The Bertz CT molecular complexity index is 950. The van der Waals surface area contributed by atoms with Crippen LogP contribution < -0.4 is 14.8 Å². The minimum Gasteiger partial charge on any atom is -0.422 e. The van der Waals surface area contributed by atoms with Gasteiger partial charge in [-0.1, -0.05) is 65.2 Å². The van der Waals surface area contributed by atoms with Gasteiger partial charge in [0, 0.05) is 11.1 Å². The summed E-state index contributed by atoms with van der Waals surface area (Å²) >= 11 is 0. The molecular weight excluding hydrogens is 478 g/mol. The summed E-state index contributed by atoms with van der Waals surface area (Å²) in [6.45, 7) is 10.5. The van der Waals surface area contributed by atoms with Gasteiger partial charge in [-0.05, 0) is 76.5 Å². The van der Waals surface area contributed by atoms with Crippen LogP contribution in [0.3, 0.4) is 0 Å². The van der Waals surface area contributed by atoms with Crippen molar-refractivity contribution < 1.29 is 23.9 Å². The third-order valence-corrected chi connectivity index (χ3v) is 7.77. The summed E-state index contributed by atoms with van der Waals surface area (Å²) in [7, 11) is 0. The molecule has 0 radical (unpaired) electrons. The number of rotatable bonds is 17. The molecule has 3 rings (SSSR count). The van der Waals surface area contributed by atoms with Gasteiger partial charge in [0.25, 0.3) is 0 Å². The molecule has 212 valence electrons. The predicted octanol–water partition coefficient (Wildman–Crippen LogP) is 7.28. The van der Waals surface area contributed by atoms with E-state index in [1.807, 2.05) is 20.8 Å². The van der Waals surface area contributed by atoms with Gasteiger partial charge in [0.1, 0.15) is 0 Å². The maximum absolute atomic E-state index is 13.0. The molecule has 0 aliphatic heterocycles. The zero-order valence-electron chi connectivity index (χ0n) is 24.3. The highest BCUT2D eigenvalue weighted by molar-refractivity contribution is 5.98. The lowest BCUT2D eigenvalue weighted by molar-refractivity contribution is -0.139. The fourth-order valence-corrected chi connectivity index (χ4v) is 5.04. The maximum atomic E-state index is 13.0. The normalized spacial score (nSPS) is 22.1. The molecule has 2 aliphatic rings. The van der Waals surface area contributed by atoms with Crippen molar-refractivity contribution in [3.8, 4) is 11.5 Å². The van der Waals surface area contributed by atoms with Crippen LogP contribution >= 0.6 is 0 Å². The van der Waals surface area contributed by atoms with E-state index in [9.17, 15) is 14.4 Å². The molecule has 0 amide bonds. The van der Waals surface area contributed by atoms with Gasteiger partial charge in [-0.3, -0.25) is 14.4 Å². The summed E-state index contributed by atoms with van der Waals surface area (Å²) in [4.78, 5) is 38.7. The number of carbonyl (C=O) groups excluding carboxylic acids is 3. The van der Waals surface area contributed by atoms with Crippen LogP contribution in [0.25, 0.3) is 0 Å². The molecule has 1 aromatic carbocycles. The van der Waals surface area contributed by atoms with Crippen LogP contribution in [0.4, 0.5) is 0 Å². The lowest BCUT2D eigenvalue weighted by Gasteiger charge is -2.20. The van der Waals surface area contributed by atoms with Gasteiger partial charge in [-0.2, -0.15) is 0 Å². The summed E-state index contributed by atoms with van der Waals surface area (Å²) in [5.41, 5.74) is 0.229. The molecule has 2 fully saturated rings. The molecule has 1 aromatic rings. The Morgan fingerprint density at radius 3 is 1.82 bits per heavy atom. The second-order valence-corrected chi connectivity index (χ2v) is 12.4. The highest BCUT2D eigenvalue weighted by Crippen LogP contribution is 2.46. The average Bonchev–Trinajstić information content (AvgIpc) is 3.79. The standard InChI is InChI=1S/C32H49NO5/c1-6-8-10-12-14-22-18-25(22)30(35)37-28-17-16-24(27(34)21-33-32(3,4)5)20-29(28)38-31(36)26-19-23(26)15-13-11-9-7-2/h16-17,20,22-23,25-26,33H,6-15,18-19,21H2,1-5H3. The van der Waals surface area contributed by atoms with Gasteiger partial charge in [0.15, 0.2) is 17.3 Å². The number of benzene rings is 1. The summed E-state index contributed by atoms with van der Waals surface area (Å²) in [6.07, 6.45) is 13.3. The van der Waals surface area contributed by atoms with Crippen molar-refractivity contribution in [3.05, 3.63) is 23.8 Å². The summed E-state index contributed by atoms with van der Waals surface area (Å²) in [5, 5.41) is 3.20. The number of unbranched alkanes of at least 4 members (excludes halogenated alkanes) is 6. The van der Waals surface area contributed by atoms with Gasteiger partial charge >= 0.3 is 11.9 Å². The average molecular weight is 528 g/mol. The number of esters is 2. The van der Waals surface area contributed by atoms with E-state index < -0.39 is 0 Å². The van der Waals surface area contributed by atoms with Crippen LogP contribution in [-0.2, 0) is 9.59 Å². The maximum Gasteiger partial charge on any atom is 0.314 e. The summed E-state index contributed by atoms with van der Waals surface area (Å²) < 4.78 is 11.5. The molecule has 1 N–H and O–H groups in total. The van der Waals surface area contributed by atoms with Crippen molar-refractivity contribution in [3.63, 3.8) is 0 Å². The lowest BCUT2D eigenvalue weighted by atomic mass is 10.1. The van der Waals surface area contributed by atoms with Gasteiger partial charge in [-0.25, -0.2) is 0 Å². The van der Waals surface area contributed by atoms with Crippen LogP contribution in [0.1, 0.15) is 122 Å². The smallest absolute Gasteiger partial charge is 0.314 e. The number of Topliss-reactive ketones (excluding diaryl/α,β-unsaturated/α-hetero) is 1. The molecule has 0 heterocycles. The molecule has 0 saturated heterocycles. The Morgan fingerprint density at radius 1 is 0.789 bits per heavy atom. The van der Waals surface area contributed by atoms with E-state index in [-0.39, 0.29) is 53.1 Å². The Hall–Kier alpha value is -2.21. The molecule has 6 nitrogen and oxygen atoms in total.